The highest BCUT2D eigenvalue weighted by Gasteiger charge is 2.17. The largest absolute Gasteiger partial charge is 0.472 e. The van der Waals surface area contributed by atoms with Crippen molar-refractivity contribution in [3.05, 3.63) is 61.7 Å². The first-order valence-corrected chi connectivity index (χ1v) is 11.5. The summed E-state index contributed by atoms with van der Waals surface area (Å²) in [5, 5.41) is 11.3. The van der Waals surface area contributed by atoms with E-state index in [9.17, 15) is 4.79 Å². The lowest BCUT2D eigenvalue weighted by Crippen LogP contribution is -2.13. The van der Waals surface area contributed by atoms with E-state index in [2.05, 4.69) is 35.5 Å². The van der Waals surface area contributed by atoms with E-state index in [4.69, 9.17) is 9.40 Å². The van der Waals surface area contributed by atoms with Crippen molar-refractivity contribution in [2.75, 3.05) is 5.32 Å². The van der Waals surface area contributed by atoms with Crippen LogP contribution in [0.25, 0.3) is 55.8 Å². The lowest BCUT2D eigenvalue weighted by Gasteiger charge is -2.08. The Kier molecular flexibility index (Phi) is 5.25. The maximum Gasteiger partial charge on any atom is 0.224 e. The van der Waals surface area contributed by atoms with Gasteiger partial charge in [-0.25, -0.2) is 4.98 Å². The molecule has 36 heavy (non-hydrogen) atoms. The highest BCUT2D eigenvalue weighted by Crippen LogP contribution is 2.32. The molecule has 10 nitrogen and oxygen atoms in total. The Balaban J connectivity index is 1.38. The molecule has 6 aromatic rings. The molecule has 0 bridgehead atoms. The fourth-order valence-corrected chi connectivity index (χ4v) is 4.16. The number of fused-ring (bicyclic) bond motifs is 2. The molecule has 6 rings (SSSR count). The molecule has 3 N–H and O–H groups in total. The van der Waals surface area contributed by atoms with Crippen LogP contribution in [0.5, 0.6) is 0 Å². The van der Waals surface area contributed by atoms with Crippen LogP contribution in [0.4, 0.5) is 5.69 Å². The summed E-state index contributed by atoms with van der Waals surface area (Å²) in [5.41, 5.74) is 6.89. The van der Waals surface area contributed by atoms with Crippen molar-refractivity contribution in [2.45, 2.75) is 20.3 Å². The average molecular weight is 479 g/mol. The summed E-state index contributed by atoms with van der Waals surface area (Å²) in [6.07, 6.45) is 12.3. The minimum absolute atomic E-state index is 0.0429. The second kappa shape index (κ2) is 8.73. The summed E-state index contributed by atoms with van der Waals surface area (Å²) in [4.78, 5) is 33.6. The molecule has 0 saturated heterocycles. The Labute approximate surface area is 205 Å². The number of aromatic nitrogens is 7. The number of furan rings is 1. The van der Waals surface area contributed by atoms with Gasteiger partial charge in [-0.15, -0.1) is 0 Å². The van der Waals surface area contributed by atoms with Crippen molar-refractivity contribution < 1.29 is 9.21 Å². The number of carbonyl (C=O) groups is 1. The number of rotatable bonds is 6. The number of nitrogens with zero attached hydrogens (tertiary/aromatic N) is 5. The number of aromatic amines is 2. The normalized spacial score (nSPS) is 11.5. The molecule has 10 heteroatoms. The number of amides is 1. The molecule has 0 atom stereocenters. The maximum absolute atomic E-state index is 12.2. The van der Waals surface area contributed by atoms with Crippen molar-refractivity contribution in [2.24, 2.45) is 5.92 Å². The summed E-state index contributed by atoms with van der Waals surface area (Å²) in [5.74, 6) is 0.840. The highest BCUT2D eigenvalue weighted by molar-refractivity contribution is 5.97. The van der Waals surface area contributed by atoms with Gasteiger partial charge in [0.15, 0.2) is 5.82 Å². The minimum Gasteiger partial charge on any atom is -0.472 e. The average Bonchev–Trinajstić information content (AvgIpc) is 3.62. The molecule has 6 aromatic heterocycles. The summed E-state index contributed by atoms with van der Waals surface area (Å²) in [6, 6.07) is 5.68. The maximum atomic E-state index is 12.2. The topological polar surface area (TPSA) is 138 Å². The first-order valence-electron chi connectivity index (χ1n) is 11.5. The van der Waals surface area contributed by atoms with Gasteiger partial charge in [0.1, 0.15) is 11.2 Å². The molecule has 0 spiro atoms. The Morgan fingerprint density at radius 3 is 2.78 bits per heavy atom. The smallest absolute Gasteiger partial charge is 0.224 e. The van der Waals surface area contributed by atoms with Crippen LogP contribution in [0.15, 0.2) is 66.1 Å². The Morgan fingerprint density at radius 2 is 1.94 bits per heavy atom. The Morgan fingerprint density at radius 1 is 1.06 bits per heavy atom. The molecule has 0 radical (unpaired) electrons. The van der Waals surface area contributed by atoms with Crippen LogP contribution in [0.2, 0.25) is 0 Å². The van der Waals surface area contributed by atoms with Gasteiger partial charge in [0, 0.05) is 40.9 Å². The van der Waals surface area contributed by atoms with Crippen LogP contribution in [0.3, 0.4) is 0 Å². The molecule has 0 aliphatic rings. The zero-order valence-corrected chi connectivity index (χ0v) is 19.6. The molecular weight excluding hydrogens is 456 g/mol. The predicted octanol–water partition coefficient (Wildman–Crippen LogP) is 5.20. The summed E-state index contributed by atoms with van der Waals surface area (Å²) < 4.78 is 5.24. The van der Waals surface area contributed by atoms with E-state index in [-0.39, 0.29) is 11.8 Å². The fourth-order valence-electron chi connectivity index (χ4n) is 4.16. The van der Waals surface area contributed by atoms with Crippen molar-refractivity contribution >= 4 is 33.5 Å². The van der Waals surface area contributed by atoms with Gasteiger partial charge >= 0.3 is 0 Å². The third-order valence-corrected chi connectivity index (χ3v) is 5.81. The second-order valence-electron chi connectivity index (χ2n) is 8.98. The monoisotopic (exact) mass is 478 g/mol. The lowest BCUT2D eigenvalue weighted by molar-refractivity contribution is -0.116. The fraction of sp³-hybridized carbons (Fsp3) is 0.154. The number of anilines is 1. The van der Waals surface area contributed by atoms with E-state index in [1.165, 1.54) is 0 Å². The molecule has 0 saturated carbocycles. The first kappa shape index (κ1) is 21.7. The molecule has 0 fully saturated rings. The van der Waals surface area contributed by atoms with Crippen LogP contribution in [0.1, 0.15) is 20.3 Å². The van der Waals surface area contributed by atoms with Crippen molar-refractivity contribution in [1.29, 1.82) is 0 Å². The SMILES string of the molecule is CC(C)CC(=O)Nc1cncc(-c2cc3c(-c4nc5c(-c6ccoc6)cncc5[nH]4)n[nH]c3cn2)c1. The third kappa shape index (κ3) is 3.98. The van der Waals surface area contributed by atoms with E-state index >= 15 is 0 Å². The minimum atomic E-state index is -0.0429. The van der Waals surface area contributed by atoms with E-state index in [1.807, 2.05) is 32.0 Å². The number of imidazole rings is 1. The van der Waals surface area contributed by atoms with Crippen molar-refractivity contribution in [1.82, 2.24) is 35.1 Å². The molecule has 0 unspecified atom stereocenters. The summed E-state index contributed by atoms with van der Waals surface area (Å²) >= 11 is 0. The predicted molar refractivity (Wildman–Crippen MR) is 136 cm³/mol. The van der Waals surface area contributed by atoms with Crippen molar-refractivity contribution in [3.63, 3.8) is 0 Å². The lowest BCUT2D eigenvalue weighted by atomic mass is 10.1. The quantitative estimate of drug-likeness (QED) is 0.299. The van der Waals surface area contributed by atoms with Gasteiger partial charge in [0.05, 0.1) is 53.5 Å². The van der Waals surface area contributed by atoms with Gasteiger partial charge in [-0.1, -0.05) is 13.8 Å². The number of hydrogen-bond donors (Lipinski definition) is 3. The molecule has 0 aromatic carbocycles. The van der Waals surface area contributed by atoms with Gasteiger partial charge in [-0.2, -0.15) is 5.10 Å². The standard InChI is InChI=1S/C26H22N8O2/c1-14(2)5-23(35)30-17-6-16(8-27-9-17)20-7-18-21(12-29-20)33-34-25(18)26-31-22-11-28-10-19(24(22)32-26)15-3-4-36-13-15/h3-4,6-14H,5H2,1-2H3,(H,30,35)(H,31,32)(H,33,34). The Hall–Kier alpha value is -4.86. The number of hydrogen-bond acceptors (Lipinski definition) is 7. The second-order valence-corrected chi connectivity index (χ2v) is 8.98. The molecular formula is C26H22N8O2. The molecule has 0 aliphatic heterocycles. The van der Waals surface area contributed by atoms with Gasteiger partial charge in [-0.05, 0) is 24.1 Å². The summed E-state index contributed by atoms with van der Waals surface area (Å²) in [6.45, 7) is 4.01. The first-order chi connectivity index (χ1) is 17.5. The van der Waals surface area contributed by atoms with E-state index < -0.39 is 0 Å². The third-order valence-electron chi connectivity index (χ3n) is 5.81. The van der Waals surface area contributed by atoms with E-state index in [0.717, 1.165) is 38.6 Å². The highest BCUT2D eigenvalue weighted by atomic mass is 16.3. The van der Waals surface area contributed by atoms with Crippen LogP contribution >= 0.6 is 0 Å². The van der Waals surface area contributed by atoms with Crippen LogP contribution in [-0.2, 0) is 4.79 Å². The zero-order valence-electron chi connectivity index (χ0n) is 19.6. The van der Waals surface area contributed by atoms with E-state index in [0.29, 0.717) is 29.3 Å². The molecule has 1 amide bonds. The zero-order chi connectivity index (χ0) is 24.6. The van der Waals surface area contributed by atoms with Gasteiger partial charge in [0.25, 0.3) is 0 Å². The summed E-state index contributed by atoms with van der Waals surface area (Å²) in [7, 11) is 0. The van der Waals surface area contributed by atoms with Crippen LogP contribution in [0, 0.1) is 5.92 Å². The molecule has 6 heterocycles. The Bertz CT molecular complexity index is 1700. The number of H-pyrrole nitrogens is 2. The van der Waals surface area contributed by atoms with Gasteiger partial charge < -0.3 is 14.7 Å². The van der Waals surface area contributed by atoms with Crippen LogP contribution < -0.4 is 5.32 Å². The molecule has 178 valence electrons. The number of nitrogens with one attached hydrogen (secondary N) is 3. The molecule has 0 aliphatic carbocycles. The van der Waals surface area contributed by atoms with E-state index in [1.54, 1.807) is 43.5 Å². The van der Waals surface area contributed by atoms with Crippen LogP contribution in [-0.4, -0.2) is 41.0 Å². The van der Waals surface area contributed by atoms with Gasteiger partial charge in [-0.3, -0.25) is 24.8 Å². The number of pyridine rings is 3. The van der Waals surface area contributed by atoms with Gasteiger partial charge in [0.2, 0.25) is 5.91 Å². The number of carbonyl (C=O) groups excluding carboxylic acids is 1. The van der Waals surface area contributed by atoms with Crippen molar-refractivity contribution in [3.8, 4) is 33.9 Å².